The fraction of sp³-hybridized carbons (Fsp3) is 0.263. The summed E-state index contributed by atoms with van der Waals surface area (Å²) in [6, 6.07) is 10.3. The van der Waals surface area contributed by atoms with Gasteiger partial charge in [-0.2, -0.15) is 0 Å². The topological polar surface area (TPSA) is 61.8 Å². The van der Waals surface area contributed by atoms with E-state index in [9.17, 15) is 9.59 Å². The number of hydrogen-bond acceptors (Lipinski definition) is 5. The Balaban J connectivity index is 2.09. The van der Waals surface area contributed by atoms with E-state index >= 15 is 0 Å². The first kappa shape index (κ1) is 17.5. The fourth-order valence-electron chi connectivity index (χ4n) is 2.41. The smallest absolute Gasteiger partial charge is 0.338 e. The van der Waals surface area contributed by atoms with Crippen molar-refractivity contribution in [1.29, 1.82) is 0 Å². The Labute approximate surface area is 141 Å². The highest BCUT2D eigenvalue weighted by molar-refractivity contribution is 6.01. The van der Waals surface area contributed by atoms with E-state index in [4.69, 9.17) is 14.2 Å². The van der Waals surface area contributed by atoms with Gasteiger partial charge in [0.05, 0.1) is 25.3 Å². The molecule has 0 saturated carbocycles. The van der Waals surface area contributed by atoms with Crippen molar-refractivity contribution in [3.63, 3.8) is 0 Å². The molecule has 0 unspecified atom stereocenters. The van der Waals surface area contributed by atoms with Crippen LogP contribution in [-0.2, 0) is 4.74 Å². The zero-order valence-corrected chi connectivity index (χ0v) is 14.2. The van der Waals surface area contributed by atoms with Crippen molar-refractivity contribution in [1.82, 2.24) is 0 Å². The van der Waals surface area contributed by atoms with Crippen LogP contribution in [-0.4, -0.2) is 32.6 Å². The van der Waals surface area contributed by atoms with Crippen molar-refractivity contribution in [2.45, 2.75) is 13.8 Å². The average Bonchev–Trinajstić information content (AvgIpc) is 2.57. The maximum Gasteiger partial charge on any atom is 0.338 e. The van der Waals surface area contributed by atoms with Crippen LogP contribution in [0.4, 0.5) is 0 Å². The third-order valence-electron chi connectivity index (χ3n) is 3.50. The molecule has 0 aliphatic carbocycles. The van der Waals surface area contributed by atoms with Gasteiger partial charge in [0.15, 0.2) is 6.61 Å². The van der Waals surface area contributed by atoms with Crippen molar-refractivity contribution < 1.29 is 23.8 Å². The van der Waals surface area contributed by atoms with Gasteiger partial charge in [-0.25, -0.2) is 4.79 Å². The first-order chi connectivity index (χ1) is 11.4. The largest absolute Gasteiger partial charge is 0.497 e. The van der Waals surface area contributed by atoms with Crippen LogP contribution in [0.3, 0.4) is 0 Å². The normalized spacial score (nSPS) is 10.2. The molecule has 5 nitrogen and oxygen atoms in total. The van der Waals surface area contributed by atoms with E-state index < -0.39 is 5.97 Å². The highest BCUT2D eigenvalue weighted by Gasteiger charge is 2.16. The highest BCUT2D eigenvalue weighted by atomic mass is 16.5. The number of aryl methyl sites for hydroxylation is 2. The second kappa shape index (κ2) is 7.64. The maximum absolute atomic E-state index is 12.3. The number of rotatable bonds is 6. The van der Waals surface area contributed by atoms with Gasteiger partial charge < -0.3 is 14.2 Å². The molecule has 2 aromatic carbocycles. The third-order valence-corrected chi connectivity index (χ3v) is 3.50. The molecule has 0 aliphatic heterocycles. The second-order valence-corrected chi connectivity index (χ2v) is 5.44. The quantitative estimate of drug-likeness (QED) is 0.601. The number of carbonyl (C=O) groups excluding carboxylic acids is 2. The lowest BCUT2D eigenvalue weighted by atomic mass is 10.1. The van der Waals surface area contributed by atoms with Crippen LogP contribution in [0.15, 0.2) is 36.4 Å². The molecule has 0 atom stereocenters. The number of ketones is 1. The fourth-order valence-corrected chi connectivity index (χ4v) is 2.41. The molecule has 0 radical (unpaired) electrons. The van der Waals surface area contributed by atoms with E-state index in [1.165, 1.54) is 14.2 Å². The predicted molar refractivity (Wildman–Crippen MR) is 90.1 cm³/mol. The molecule has 0 heterocycles. The summed E-state index contributed by atoms with van der Waals surface area (Å²) in [6.45, 7) is 3.45. The van der Waals surface area contributed by atoms with Gasteiger partial charge in [0.2, 0.25) is 5.78 Å². The van der Waals surface area contributed by atoms with Crippen molar-refractivity contribution in [2.24, 2.45) is 0 Å². The molecule has 0 amide bonds. The Bertz CT molecular complexity index is 744. The number of Topliss-reactive ketones (excluding diaryl/α,β-unsaturated/α-hetero) is 1. The molecule has 0 aliphatic rings. The summed E-state index contributed by atoms with van der Waals surface area (Å²) in [5, 5.41) is 0. The zero-order chi connectivity index (χ0) is 17.7. The standard InChI is InChI=1S/C19H20O5/c1-12-7-13(2)9-14(8-12)19(21)24-11-17(20)16-6-5-15(22-3)10-18(16)23-4/h5-10H,11H2,1-4H3. The Hall–Kier alpha value is -2.82. The van der Waals surface area contributed by atoms with Crippen LogP contribution in [0, 0.1) is 13.8 Å². The molecule has 0 fully saturated rings. The van der Waals surface area contributed by atoms with Crippen LogP contribution in [0.25, 0.3) is 0 Å². The lowest BCUT2D eigenvalue weighted by molar-refractivity contribution is 0.0473. The molecule has 0 N–H and O–H groups in total. The summed E-state index contributed by atoms with van der Waals surface area (Å²) >= 11 is 0. The van der Waals surface area contributed by atoms with Crippen LogP contribution >= 0.6 is 0 Å². The first-order valence-corrected chi connectivity index (χ1v) is 7.45. The average molecular weight is 328 g/mol. The number of esters is 1. The van der Waals surface area contributed by atoms with E-state index in [0.29, 0.717) is 22.6 Å². The molecule has 126 valence electrons. The van der Waals surface area contributed by atoms with E-state index in [1.807, 2.05) is 19.9 Å². The number of methoxy groups -OCH3 is 2. The monoisotopic (exact) mass is 328 g/mol. The van der Waals surface area contributed by atoms with Gasteiger partial charge in [0, 0.05) is 6.07 Å². The van der Waals surface area contributed by atoms with E-state index in [0.717, 1.165) is 11.1 Å². The summed E-state index contributed by atoms with van der Waals surface area (Å²) < 4.78 is 15.4. The molecule has 24 heavy (non-hydrogen) atoms. The van der Waals surface area contributed by atoms with Gasteiger partial charge in [-0.3, -0.25) is 4.79 Å². The summed E-state index contributed by atoms with van der Waals surface area (Å²) in [5.41, 5.74) is 2.70. The summed E-state index contributed by atoms with van der Waals surface area (Å²) in [4.78, 5) is 24.4. The number of ether oxygens (including phenoxy) is 3. The molecular formula is C19H20O5. The SMILES string of the molecule is COc1ccc(C(=O)COC(=O)c2cc(C)cc(C)c2)c(OC)c1. The maximum atomic E-state index is 12.3. The van der Waals surface area contributed by atoms with Crippen molar-refractivity contribution >= 4 is 11.8 Å². The lowest BCUT2D eigenvalue weighted by Crippen LogP contribution is -2.15. The lowest BCUT2D eigenvalue weighted by Gasteiger charge is -2.10. The minimum Gasteiger partial charge on any atom is -0.497 e. The Morgan fingerprint density at radius 1 is 0.917 bits per heavy atom. The van der Waals surface area contributed by atoms with Crippen LogP contribution in [0.2, 0.25) is 0 Å². The minimum atomic E-state index is -0.525. The molecule has 5 heteroatoms. The van der Waals surface area contributed by atoms with E-state index in [2.05, 4.69) is 0 Å². The van der Waals surface area contributed by atoms with Crippen molar-refractivity contribution in [2.75, 3.05) is 20.8 Å². The zero-order valence-electron chi connectivity index (χ0n) is 14.2. The van der Waals surface area contributed by atoms with Crippen LogP contribution in [0.1, 0.15) is 31.8 Å². The van der Waals surface area contributed by atoms with E-state index in [1.54, 1.807) is 30.3 Å². The predicted octanol–water partition coefficient (Wildman–Crippen LogP) is 3.36. The molecule has 0 aromatic heterocycles. The summed E-state index contributed by atoms with van der Waals surface area (Å²) in [6.07, 6.45) is 0. The van der Waals surface area contributed by atoms with E-state index in [-0.39, 0.29) is 12.4 Å². The number of benzene rings is 2. The molecule has 0 bridgehead atoms. The number of carbonyl (C=O) groups is 2. The highest BCUT2D eigenvalue weighted by Crippen LogP contribution is 2.25. The van der Waals surface area contributed by atoms with Crippen LogP contribution in [0.5, 0.6) is 11.5 Å². The van der Waals surface area contributed by atoms with Gasteiger partial charge >= 0.3 is 5.97 Å². The molecule has 2 aromatic rings. The Morgan fingerprint density at radius 3 is 2.17 bits per heavy atom. The molecular weight excluding hydrogens is 308 g/mol. The summed E-state index contributed by atoms with van der Waals surface area (Å²) in [7, 11) is 3.00. The molecule has 0 saturated heterocycles. The van der Waals surface area contributed by atoms with Crippen LogP contribution < -0.4 is 9.47 Å². The van der Waals surface area contributed by atoms with Crippen molar-refractivity contribution in [3.8, 4) is 11.5 Å². The Kier molecular flexibility index (Phi) is 5.58. The summed E-state index contributed by atoms with van der Waals surface area (Å²) in [5.74, 6) is 0.0901. The first-order valence-electron chi connectivity index (χ1n) is 7.45. The van der Waals surface area contributed by atoms with Gasteiger partial charge in [-0.1, -0.05) is 17.2 Å². The molecule has 0 spiro atoms. The van der Waals surface area contributed by atoms with Gasteiger partial charge in [0.25, 0.3) is 0 Å². The van der Waals surface area contributed by atoms with Crippen molar-refractivity contribution in [3.05, 3.63) is 58.7 Å². The van der Waals surface area contributed by atoms with Gasteiger partial charge in [0.1, 0.15) is 11.5 Å². The Morgan fingerprint density at radius 2 is 1.58 bits per heavy atom. The minimum absolute atomic E-state index is 0.339. The molecule has 2 rings (SSSR count). The second-order valence-electron chi connectivity index (χ2n) is 5.44. The van der Waals surface area contributed by atoms with Gasteiger partial charge in [-0.05, 0) is 38.1 Å². The van der Waals surface area contributed by atoms with Gasteiger partial charge in [-0.15, -0.1) is 0 Å². The third kappa shape index (κ3) is 4.13. The number of hydrogen-bond donors (Lipinski definition) is 0.